The Hall–Kier alpha value is -3.22. The van der Waals surface area contributed by atoms with Gasteiger partial charge >= 0.3 is 0 Å². The Kier molecular flexibility index (Phi) is 5.49. The highest BCUT2D eigenvalue weighted by atomic mass is 16.2. The number of H-pyrrole nitrogens is 1. The number of nitrogens with one attached hydrogen (secondary N) is 2. The first-order valence-corrected chi connectivity index (χ1v) is 8.90. The molecule has 0 fully saturated rings. The number of carbonyl (C=O) groups is 2. The van der Waals surface area contributed by atoms with E-state index in [0.717, 1.165) is 11.4 Å². The van der Waals surface area contributed by atoms with Crippen LogP contribution in [0.2, 0.25) is 0 Å². The highest BCUT2D eigenvalue weighted by molar-refractivity contribution is 5.99. The van der Waals surface area contributed by atoms with Crippen LogP contribution in [-0.4, -0.2) is 38.5 Å². The predicted molar refractivity (Wildman–Crippen MR) is 102 cm³/mol. The molecule has 140 valence electrons. The summed E-state index contributed by atoms with van der Waals surface area (Å²) in [6, 6.07) is 11.2. The van der Waals surface area contributed by atoms with Gasteiger partial charge in [-0.25, -0.2) is 4.98 Å². The van der Waals surface area contributed by atoms with Crippen molar-refractivity contribution in [2.75, 3.05) is 7.05 Å². The van der Waals surface area contributed by atoms with Gasteiger partial charge in [-0.2, -0.15) is 5.10 Å². The fourth-order valence-electron chi connectivity index (χ4n) is 3.04. The smallest absolute Gasteiger partial charge is 0.271 e. The average Bonchev–Trinajstić information content (AvgIpc) is 3.37. The molecule has 0 radical (unpaired) electrons. The number of ketones is 1. The van der Waals surface area contributed by atoms with Crippen molar-refractivity contribution < 1.29 is 9.59 Å². The first-order valence-electron chi connectivity index (χ1n) is 8.90. The van der Waals surface area contributed by atoms with Crippen LogP contribution in [0.3, 0.4) is 0 Å². The third-order valence-electron chi connectivity index (χ3n) is 4.61. The lowest BCUT2D eigenvalue weighted by Gasteiger charge is -2.16. The Morgan fingerprint density at radius 3 is 2.59 bits per heavy atom. The monoisotopic (exact) mass is 365 g/mol. The van der Waals surface area contributed by atoms with Gasteiger partial charge in [-0.15, -0.1) is 0 Å². The van der Waals surface area contributed by atoms with Gasteiger partial charge in [-0.3, -0.25) is 14.3 Å². The Morgan fingerprint density at radius 1 is 1.22 bits per heavy atom. The highest BCUT2D eigenvalue weighted by Gasteiger charge is 2.24. The third-order valence-corrected chi connectivity index (χ3v) is 4.61. The van der Waals surface area contributed by atoms with Crippen LogP contribution in [0.5, 0.6) is 0 Å². The van der Waals surface area contributed by atoms with Crippen LogP contribution in [0.15, 0.2) is 48.8 Å². The minimum atomic E-state index is -0.317. The van der Waals surface area contributed by atoms with Gasteiger partial charge < -0.3 is 10.3 Å². The van der Waals surface area contributed by atoms with E-state index in [1.54, 1.807) is 30.2 Å². The molecule has 3 aromatic rings. The second-order valence-corrected chi connectivity index (χ2v) is 6.53. The molecule has 0 aliphatic heterocycles. The molecule has 0 bridgehead atoms. The van der Waals surface area contributed by atoms with E-state index in [9.17, 15) is 9.59 Å². The van der Waals surface area contributed by atoms with Crippen molar-refractivity contribution >= 4 is 11.7 Å². The second-order valence-electron chi connectivity index (χ2n) is 6.53. The maximum absolute atomic E-state index is 13.0. The molecule has 0 spiro atoms. The molecule has 2 N–H and O–H groups in total. The molecule has 2 aromatic heterocycles. The van der Waals surface area contributed by atoms with Gasteiger partial charge in [-0.05, 0) is 12.5 Å². The fraction of sp³-hybridized carbons (Fsp3) is 0.300. The summed E-state index contributed by atoms with van der Waals surface area (Å²) < 4.78 is 1.64. The maximum Gasteiger partial charge on any atom is 0.271 e. The van der Waals surface area contributed by atoms with Crippen LogP contribution in [-0.2, 0) is 0 Å². The number of carbonyl (C=O) groups excluding carboxylic acids is 2. The number of rotatable bonds is 7. The molecule has 0 aliphatic carbocycles. The molecule has 2 atom stereocenters. The van der Waals surface area contributed by atoms with Crippen molar-refractivity contribution in [3.05, 3.63) is 71.6 Å². The lowest BCUT2D eigenvalue weighted by molar-refractivity contribution is 0.0951. The van der Waals surface area contributed by atoms with E-state index in [1.165, 1.54) is 0 Å². The van der Waals surface area contributed by atoms with Crippen molar-refractivity contribution in [2.24, 2.45) is 0 Å². The Labute approximate surface area is 157 Å². The Bertz CT molecular complexity index is 915. The highest BCUT2D eigenvalue weighted by Crippen LogP contribution is 2.23. The van der Waals surface area contributed by atoms with Gasteiger partial charge in [0, 0.05) is 37.8 Å². The summed E-state index contributed by atoms with van der Waals surface area (Å²) in [5.74, 6) is 0.301. The predicted octanol–water partition coefficient (Wildman–Crippen LogP) is 2.95. The Morgan fingerprint density at radius 2 is 1.96 bits per heavy atom. The molecule has 7 nitrogen and oxygen atoms in total. The van der Waals surface area contributed by atoms with E-state index in [0.29, 0.717) is 5.69 Å². The van der Waals surface area contributed by atoms with Gasteiger partial charge in [0.1, 0.15) is 11.5 Å². The van der Waals surface area contributed by atoms with Gasteiger partial charge in [0.05, 0.1) is 6.04 Å². The number of amides is 1. The lowest BCUT2D eigenvalue weighted by atomic mass is 10.0. The number of imidazole rings is 1. The van der Waals surface area contributed by atoms with Gasteiger partial charge in [0.15, 0.2) is 11.5 Å². The van der Waals surface area contributed by atoms with Crippen LogP contribution >= 0.6 is 0 Å². The summed E-state index contributed by atoms with van der Waals surface area (Å²) in [4.78, 5) is 32.3. The van der Waals surface area contributed by atoms with Crippen molar-refractivity contribution in [3.8, 4) is 0 Å². The third kappa shape index (κ3) is 3.97. The summed E-state index contributed by atoms with van der Waals surface area (Å²) in [6.45, 7) is 3.90. The topological polar surface area (TPSA) is 92.7 Å². The summed E-state index contributed by atoms with van der Waals surface area (Å²) >= 11 is 0. The molecule has 1 amide bonds. The van der Waals surface area contributed by atoms with Crippen LogP contribution in [0.1, 0.15) is 64.6 Å². The number of benzene rings is 1. The first kappa shape index (κ1) is 18.6. The number of Topliss-reactive ketones (excluding diaryl/α,β-unsaturated/α-hetero) is 1. The molecule has 1 unspecified atom stereocenters. The molecular weight excluding hydrogens is 342 g/mol. The molecule has 0 aliphatic rings. The van der Waals surface area contributed by atoms with Gasteiger partial charge in [0.25, 0.3) is 5.91 Å². The number of hydrogen-bond donors (Lipinski definition) is 2. The van der Waals surface area contributed by atoms with Crippen LogP contribution in [0.25, 0.3) is 0 Å². The van der Waals surface area contributed by atoms with E-state index in [1.807, 2.05) is 44.2 Å². The van der Waals surface area contributed by atoms with E-state index in [4.69, 9.17) is 0 Å². The van der Waals surface area contributed by atoms with Gasteiger partial charge in [-0.1, -0.05) is 37.3 Å². The van der Waals surface area contributed by atoms with Crippen molar-refractivity contribution in [1.29, 1.82) is 0 Å². The van der Waals surface area contributed by atoms with Gasteiger partial charge in [0.2, 0.25) is 0 Å². The standard InChI is InChI=1S/C20H23N5O2/c1-13(19-22-9-10-23-19)11-18(26)17-12-16(20(27)21-3)24-25(17)14(2)15-7-5-4-6-8-15/h4-10,12-14H,11H2,1-3H3,(H,21,27)(H,22,23)/t13?,14-/m0/s1. The minimum absolute atomic E-state index is 0.0636. The number of aromatic amines is 1. The molecule has 7 heteroatoms. The number of nitrogens with zero attached hydrogens (tertiary/aromatic N) is 3. The second kappa shape index (κ2) is 7.99. The molecular formula is C20H23N5O2. The fourth-order valence-corrected chi connectivity index (χ4v) is 3.04. The quantitative estimate of drug-likeness (QED) is 0.630. The van der Waals surface area contributed by atoms with Crippen molar-refractivity contribution in [1.82, 2.24) is 25.1 Å². The van der Waals surface area contributed by atoms with Crippen molar-refractivity contribution in [2.45, 2.75) is 32.2 Å². The SMILES string of the molecule is CNC(=O)c1cc(C(=O)CC(C)c2ncc[nH]2)n([C@@H](C)c2ccccc2)n1. The molecule has 27 heavy (non-hydrogen) atoms. The Balaban J connectivity index is 1.93. The summed E-state index contributed by atoms with van der Waals surface area (Å²) in [5, 5.41) is 6.97. The van der Waals surface area contributed by atoms with E-state index < -0.39 is 0 Å². The summed E-state index contributed by atoms with van der Waals surface area (Å²) in [6.07, 6.45) is 3.68. The zero-order valence-electron chi connectivity index (χ0n) is 15.6. The van der Waals surface area contributed by atoms with Crippen LogP contribution in [0, 0.1) is 0 Å². The summed E-state index contributed by atoms with van der Waals surface area (Å²) in [7, 11) is 1.54. The minimum Gasteiger partial charge on any atom is -0.354 e. The van der Waals surface area contributed by atoms with E-state index in [-0.39, 0.29) is 35.8 Å². The van der Waals surface area contributed by atoms with Crippen LogP contribution in [0.4, 0.5) is 0 Å². The van der Waals surface area contributed by atoms with E-state index in [2.05, 4.69) is 20.4 Å². The zero-order chi connectivity index (χ0) is 19.4. The first-order chi connectivity index (χ1) is 13.0. The summed E-state index contributed by atoms with van der Waals surface area (Å²) in [5.41, 5.74) is 1.66. The lowest BCUT2D eigenvalue weighted by Crippen LogP contribution is -2.20. The van der Waals surface area contributed by atoms with Crippen molar-refractivity contribution in [3.63, 3.8) is 0 Å². The molecule has 2 heterocycles. The molecule has 0 saturated carbocycles. The number of aromatic nitrogens is 4. The molecule has 1 aromatic carbocycles. The number of hydrogen-bond acceptors (Lipinski definition) is 4. The van der Waals surface area contributed by atoms with E-state index >= 15 is 0 Å². The average molecular weight is 365 g/mol. The van der Waals surface area contributed by atoms with Crippen LogP contribution < -0.4 is 5.32 Å². The largest absolute Gasteiger partial charge is 0.354 e. The normalized spacial score (nSPS) is 13.1. The molecule has 0 saturated heterocycles. The maximum atomic E-state index is 13.0. The zero-order valence-corrected chi connectivity index (χ0v) is 15.6. The molecule has 3 rings (SSSR count).